The summed E-state index contributed by atoms with van der Waals surface area (Å²) in [6.45, 7) is 1.61. The van der Waals surface area contributed by atoms with Gasteiger partial charge in [-0.05, 0) is 25.0 Å². The van der Waals surface area contributed by atoms with Gasteiger partial charge in [0.15, 0.2) is 0 Å². The van der Waals surface area contributed by atoms with Crippen LogP contribution < -0.4 is 5.32 Å². The molecule has 0 radical (unpaired) electrons. The Bertz CT molecular complexity index is 313. The van der Waals surface area contributed by atoms with Gasteiger partial charge in [0.05, 0.1) is 6.20 Å². The first-order chi connectivity index (χ1) is 6.81. The van der Waals surface area contributed by atoms with Crippen LogP contribution in [0.15, 0.2) is 6.20 Å². The van der Waals surface area contributed by atoms with Crippen molar-refractivity contribution in [3.8, 4) is 0 Å². The first-order valence-corrected chi connectivity index (χ1v) is 5.32. The molecule has 1 unspecified atom stereocenters. The van der Waals surface area contributed by atoms with Crippen molar-refractivity contribution in [2.45, 2.75) is 12.5 Å². The zero-order valence-corrected chi connectivity index (χ0v) is 8.75. The van der Waals surface area contributed by atoms with Crippen molar-refractivity contribution in [1.82, 2.24) is 19.8 Å². The third-order valence-corrected chi connectivity index (χ3v) is 3.11. The molecule has 6 heteroatoms. The molecule has 1 saturated heterocycles. The summed E-state index contributed by atoms with van der Waals surface area (Å²) < 4.78 is 3.68. The van der Waals surface area contributed by atoms with Gasteiger partial charge in [-0.2, -0.15) is 0 Å². The topological polar surface area (TPSA) is 58.1 Å². The first kappa shape index (κ1) is 9.54. The maximum atomic E-state index is 11.8. The Hall–Kier alpha value is -1.01. The van der Waals surface area contributed by atoms with Crippen LogP contribution in [-0.2, 0) is 0 Å². The minimum atomic E-state index is 0.0535. The van der Waals surface area contributed by atoms with Crippen molar-refractivity contribution in [3.63, 3.8) is 0 Å². The summed E-state index contributed by atoms with van der Waals surface area (Å²) in [6.07, 6.45) is 2.55. The molecule has 1 aliphatic heterocycles. The van der Waals surface area contributed by atoms with Gasteiger partial charge in [-0.3, -0.25) is 4.79 Å². The van der Waals surface area contributed by atoms with Crippen LogP contribution in [0.2, 0.25) is 0 Å². The molecule has 5 nitrogen and oxygen atoms in total. The smallest absolute Gasteiger partial charge is 0.267 e. The quantitative estimate of drug-likeness (QED) is 0.748. The molecule has 0 aromatic carbocycles. The van der Waals surface area contributed by atoms with Crippen molar-refractivity contribution >= 4 is 17.4 Å². The number of nitrogens with one attached hydrogen (secondary N) is 1. The molecule has 1 N–H and O–H groups in total. The minimum Gasteiger partial charge on any atom is -0.336 e. The van der Waals surface area contributed by atoms with E-state index in [-0.39, 0.29) is 5.91 Å². The van der Waals surface area contributed by atoms with Gasteiger partial charge in [0.1, 0.15) is 4.88 Å². The van der Waals surface area contributed by atoms with Crippen LogP contribution >= 0.6 is 11.5 Å². The van der Waals surface area contributed by atoms with E-state index in [9.17, 15) is 4.79 Å². The van der Waals surface area contributed by atoms with Gasteiger partial charge in [-0.15, -0.1) is 5.10 Å². The van der Waals surface area contributed by atoms with Crippen LogP contribution in [0.5, 0.6) is 0 Å². The van der Waals surface area contributed by atoms with Gasteiger partial charge < -0.3 is 10.2 Å². The number of likely N-dealkylation sites (N-methyl/N-ethyl adjacent to an activating group) is 1. The number of carbonyl (C=O) groups is 1. The minimum absolute atomic E-state index is 0.0535. The molecule has 2 rings (SSSR count). The van der Waals surface area contributed by atoms with Crippen LogP contribution in [0.4, 0.5) is 0 Å². The molecule has 1 fully saturated rings. The molecule has 0 saturated carbocycles. The Kier molecular flexibility index (Phi) is 2.74. The number of nitrogens with zero attached hydrogens (tertiary/aromatic N) is 3. The Morgan fingerprint density at radius 3 is 3.21 bits per heavy atom. The molecule has 1 aromatic rings. The Morgan fingerprint density at radius 2 is 2.64 bits per heavy atom. The van der Waals surface area contributed by atoms with E-state index < -0.39 is 0 Å². The van der Waals surface area contributed by atoms with E-state index in [0.717, 1.165) is 31.0 Å². The third-order valence-electron chi connectivity index (χ3n) is 2.46. The maximum Gasteiger partial charge on any atom is 0.267 e. The number of amides is 1. The van der Waals surface area contributed by atoms with Crippen molar-refractivity contribution in [1.29, 1.82) is 0 Å². The van der Waals surface area contributed by atoms with Gasteiger partial charge in [-0.1, -0.05) is 4.49 Å². The van der Waals surface area contributed by atoms with Crippen molar-refractivity contribution in [2.75, 3.05) is 20.1 Å². The fourth-order valence-electron chi connectivity index (χ4n) is 1.60. The molecule has 0 bridgehead atoms. The van der Waals surface area contributed by atoms with Gasteiger partial charge in [0.25, 0.3) is 5.91 Å². The van der Waals surface area contributed by atoms with Crippen LogP contribution in [0.3, 0.4) is 0 Å². The lowest BCUT2D eigenvalue weighted by atomic mass is 10.3. The average molecular weight is 212 g/mol. The lowest BCUT2D eigenvalue weighted by molar-refractivity contribution is 0.0794. The SMILES string of the molecule is CNC1CCN(C(=O)c2cnns2)C1. The number of hydrogen-bond donors (Lipinski definition) is 1. The van der Waals surface area contributed by atoms with Crippen molar-refractivity contribution in [2.24, 2.45) is 0 Å². The van der Waals surface area contributed by atoms with E-state index in [1.807, 2.05) is 11.9 Å². The Balaban J connectivity index is 2.00. The highest BCUT2D eigenvalue weighted by atomic mass is 32.1. The summed E-state index contributed by atoms with van der Waals surface area (Å²) in [6, 6.07) is 0.430. The Morgan fingerprint density at radius 1 is 1.79 bits per heavy atom. The molecule has 1 amide bonds. The van der Waals surface area contributed by atoms with Gasteiger partial charge in [-0.25, -0.2) is 0 Å². The number of carbonyl (C=O) groups excluding carboxylic acids is 1. The highest BCUT2D eigenvalue weighted by molar-refractivity contribution is 7.07. The summed E-state index contributed by atoms with van der Waals surface area (Å²) in [5.74, 6) is 0.0535. The van der Waals surface area contributed by atoms with E-state index in [1.54, 1.807) is 0 Å². The van der Waals surface area contributed by atoms with E-state index in [2.05, 4.69) is 14.9 Å². The summed E-state index contributed by atoms with van der Waals surface area (Å²) in [4.78, 5) is 14.3. The summed E-state index contributed by atoms with van der Waals surface area (Å²) in [7, 11) is 1.92. The second kappa shape index (κ2) is 4.02. The van der Waals surface area contributed by atoms with E-state index >= 15 is 0 Å². The highest BCUT2D eigenvalue weighted by Crippen LogP contribution is 2.14. The molecule has 1 aliphatic rings. The van der Waals surface area contributed by atoms with Crippen LogP contribution in [0.1, 0.15) is 16.1 Å². The molecule has 2 heterocycles. The fraction of sp³-hybridized carbons (Fsp3) is 0.625. The zero-order valence-electron chi connectivity index (χ0n) is 7.93. The first-order valence-electron chi connectivity index (χ1n) is 4.55. The van der Waals surface area contributed by atoms with Crippen LogP contribution in [-0.4, -0.2) is 46.6 Å². The summed E-state index contributed by atoms with van der Waals surface area (Å²) in [5.41, 5.74) is 0. The van der Waals surface area contributed by atoms with Gasteiger partial charge >= 0.3 is 0 Å². The van der Waals surface area contributed by atoms with Gasteiger partial charge in [0.2, 0.25) is 0 Å². The molecule has 0 aliphatic carbocycles. The number of aromatic nitrogens is 2. The molecule has 1 atom stereocenters. The van der Waals surface area contributed by atoms with E-state index in [1.165, 1.54) is 6.20 Å². The average Bonchev–Trinajstić information content (AvgIpc) is 2.88. The predicted octanol–water partition coefficient (Wildman–Crippen LogP) is -0.0280. The monoisotopic (exact) mass is 212 g/mol. The zero-order chi connectivity index (χ0) is 9.97. The second-order valence-corrected chi connectivity index (χ2v) is 4.09. The van der Waals surface area contributed by atoms with Gasteiger partial charge in [0, 0.05) is 19.1 Å². The lowest BCUT2D eigenvalue weighted by Crippen LogP contribution is -2.33. The maximum absolute atomic E-state index is 11.8. The molecular formula is C8H12N4OS. The van der Waals surface area contributed by atoms with E-state index in [4.69, 9.17) is 0 Å². The number of likely N-dealkylation sites (tertiary alicyclic amines) is 1. The van der Waals surface area contributed by atoms with Crippen molar-refractivity contribution < 1.29 is 4.79 Å². The molecular weight excluding hydrogens is 200 g/mol. The fourth-order valence-corrected chi connectivity index (χ4v) is 2.08. The standard InChI is InChI=1S/C8H12N4OS/c1-9-6-2-3-12(5-6)8(13)7-4-10-11-14-7/h4,6,9H,2-3,5H2,1H3. The van der Waals surface area contributed by atoms with Crippen molar-refractivity contribution in [3.05, 3.63) is 11.1 Å². The number of hydrogen-bond acceptors (Lipinski definition) is 5. The van der Waals surface area contributed by atoms with Crippen LogP contribution in [0.25, 0.3) is 0 Å². The molecule has 76 valence electrons. The number of rotatable bonds is 2. The Labute approximate surface area is 86.3 Å². The summed E-state index contributed by atoms with van der Waals surface area (Å²) >= 11 is 1.15. The van der Waals surface area contributed by atoms with E-state index in [0.29, 0.717) is 10.9 Å². The largest absolute Gasteiger partial charge is 0.336 e. The highest BCUT2D eigenvalue weighted by Gasteiger charge is 2.26. The second-order valence-electron chi connectivity index (χ2n) is 3.31. The normalized spacial score (nSPS) is 21.5. The third kappa shape index (κ3) is 1.76. The molecule has 1 aromatic heterocycles. The predicted molar refractivity (Wildman–Crippen MR) is 53.3 cm³/mol. The van der Waals surface area contributed by atoms with Crippen LogP contribution in [0, 0.1) is 0 Å². The molecule has 0 spiro atoms. The lowest BCUT2D eigenvalue weighted by Gasteiger charge is -2.14. The molecule has 14 heavy (non-hydrogen) atoms. The summed E-state index contributed by atoms with van der Waals surface area (Å²) in [5, 5.41) is 6.83.